The van der Waals surface area contributed by atoms with Gasteiger partial charge in [-0.2, -0.15) is 9.61 Å². The van der Waals surface area contributed by atoms with Gasteiger partial charge in [-0.1, -0.05) is 34.5 Å². The minimum Gasteiger partial charge on any atom is -0.213 e. The van der Waals surface area contributed by atoms with Crippen LogP contribution in [0.3, 0.4) is 0 Å². The van der Waals surface area contributed by atoms with Crippen molar-refractivity contribution in [2.75, 3.05) is 19.3 Å². The van der Waals surface area contributed by atoms with Crippen LogP contribution in [0.25, 0.3) is 15.5 Å². The predicted octanol–water partition coefficient (Wildman–Crippen LogP) is 3.30. The van der Waals surface area contributed by atoms with Crippen molar-refractivity contribution in [2.45, 2.75) is 18.8 Å². The number of nitrogens with zero attached hydrogens (tertiary/aromatic N) is 5. The Labute approximate surface area is 164 Å². The minimum atomic E-state index is -3.15. The van der Waals surface area contributed by atoms with Gasteiger partial charge in [-0.25, -0.2) is 12.7 Å². The number of hydrogen-bond acceptors (Lipinski definition) is 6. The van der Waals surface area contributed by atoms with Crippen LogP contribution in [0.2, 0.25) is 10.0 Å². The van der Waals surface area contributed by atoms with Gasteiger partial charge in [0.1, 0.15) is 5.01 Å². The van der Waals surface area contributed by atoms with Crippen LogP contribution in [-0.4, -0.2) is 51.9 Å². The van der Waals surface area contributed by atoms with Crippen LogP contribution in [-0.2, 0) is 10.0 Å². The molecule has 2 aromatic heterocycles. The zero-order valence-corrected chi connectivity index (χ0v) is 16.9. The van der Waals surface area contributed by atoms with E-state index in [1.54, 1.807) is 22.7 Å². The molecule has 0 saturated carbocycles. The molecule has 0 atom stereocenters. The highest BCUT2D eigenvalue weighted by Gasteiger charge is 2.29. The average molecular weight is 432 g/mol. The van der Waals surface area contributed by atoms with Crippen molar-refractivity contribution in [3.05, 3.63) is 34.1 Å². The highest BCUT2D eigenvalue weighted by atomic mass is 35.5. The van der Waals surface area contributed by atoms with Crippen LogP contribution >= 0.6 is 34.5 Å². The summed E-state index contributed by atoms with van der Waals surface area (Å²) in [4.78, 5) is 0.677. The highest BCUT2D eigenvalue weighted by molar-refractivity contribution is 7.88. The van der Waals surface area contributed by atoms with Crippen molar-refractivity contribution >= 4 is 49.5 Å². The van der Waals surface area contributed by atoms with Crippen LogP contribution in [0, 0.1) is 0 Å². The number of halogens is 2. The Morgan fingerprint density at radius 3 is 2.62 bits per heavy atom. The van der Waals surface area contributed by atoms with Crippen LogP contribution in [0.5, 0.6) is 0 Å². The topological polar surface area (TPSA) is 80.5 Å². The monoisotopic (exact) mass is 431 g/mol. The second kappa shape index (κ2) is 6.72. The van der Waals surface area contributed by atoms with E-state index in [2.05, 4.69) is 15.3 Å². The van der Waals surface area contributed by atoms with Crippen LogP contribution < -0.4 is 0 Å². The lowest BCUT2D eigenvalue weighted by atomic mass is 9.97. The van der Waals surface area contributed by atoms with Gasteiger partial charge in [0.15, 0.2) is 5.82 Å². The molecule has 0 amide bonds. The summed E-state index contributed by atoms with van der Waals surface area (Å²) in [7, 11) is -3.15. The zero-order chi connectivity index (χ0) is 18.5. The van der Waals surface area contributed by atoms with Crippen LogP contribution in [0.1, 0.15) is 24.6 Å². The van der Waals surface area contributed by atoms with Crippen molar-refractivity contribution < 1.29 is 8.42 Å². The van der Waals surface area contributed by atoms with E-state index in [0.29, 0.717) is 40.9 Å². The standard InChI is InChI=1S/C15H15Cl2N5O2S2/c1-26(23,24)21-6-4-9(5-7-21)13-18-19-15-22(13)20-14(25-15)11-8-10(16)2-3-12(11)17/h2-3,8-9H,4-7H2,1H3. The molecule has 3 heterocycles. The molecule has 1 aliphatic heterocycles. The second-order valence-corrected chi connectivity index (χ2v) is 10.0. The number of hydrogen-bond donors (Lipinski definition) is 0. The van der Waals surface area contributed by atoms with Gasteiger partial charge in [0.05, 0.1) is 11.3 Å². The molecule has 1 saturated heterocycles. The summed E-state index contributed by atoms with van der Waals surface area (Å²) in [6, 6.07) is 5.25. The van der Waals surface area contributed by atoms with E-state index < -0.39 is 10.0 Å². The predicted molar refractivity (Wildman–Crippen MR) is 103 cm³/mol. The molecule has 138 valence electrons. The van der Waals surface area contributed by atoms with Gasteiger partial charge in [0.25, 0.3) is 0 Å². The zero-order valence-electron chi connectivity index (χ0n) is 13.8. The summed E-state index contributed by atoms with van der Waals surface area (Å²) in [6.45, 7) is 0.963. The van der Waals surface area contributed by atoms with Crippen molar-refractivity contribution in [3.8, 4) is 10.6 Å². The third-order valence-corrected chi connectivity index (χ3v) is 7.26. The Morgan fingerprint density at radius 2 is 1.92 bits per heavy atom. The first-order valence-electron chi connectivity index (χ1n) is 7.95. The van der Waals surface area contributed by atoms with Crippen molar-refractivity contribution in [2.24, 2.45) is 0 Å². The van der Waals surface area contributed by atoms with Gasteiger partial charge >= 0.3 is 0 Å². The third kappa shape index (κ3) is 3.34. The van der Waals surface area contributed by atoms with Gasteiger partial charge in [0, 0.05) is 29.6 Å². The lowest BCUT2D eigenvalue weighted by molar-refractivity contribution is 0.313. The molecule has 11 heteroatoms. The number of benzene rings is 1. The summed E-state index contributed by atoms with van der Waals surface area (Å²) < 4.78 is 26.6. The lowest BCUT2D eigenvalue weighted by Crippen LogP contribution is -2.37. The van der Waals surface area contributed by atoms with E-state index in [0.717, 1.165) is 16.4 Å². The highest BCUT2D eigenvalue weighted by Crippen LogP contribution is 2.35. The maximum atomic E-state index is 11.7. The Hall–Kier alpha value is -1.26. The van der Waals surface area contributed by atoms with Crippen LogP contribution in [0.15, 0.2) is 18.2 Å². The summed E-state index contributed by atoms with van der Waals surface area (Å²) in [5, 5.41) is 15.0. The molecule has 1 fully saturated rings. The molecule has 26 heavy (non-hydrogen) atoms. The van der Waals surface area contributed by atoms with E-state index in [-0.39, 0.29) is 5.92 Å². The van der Waals surface area contributed by atoms with Crippen molar-refractivity contribution in [1.82, 2.24) is 24.1 Å². The minimum absolute atomic E-state index is 0.118. The van der Waals surface area contributed by atoms with Gasteiger partial charge in [-0.3, -0.25) is 0 Å². The number of fused-ring (bicyclic) bond motifs is 1. The van der Waals surface area contributed by atoms with E-state index in [1.165, 1.54) is 21.9 Å². The molecule has 3 aromatic rings. The molecule has 1 aromatic carbocycles. The van der Waals surface area contributed by atoms with Gasteiger partial charge in [-0.15, -0.1) is 10.2 Å². The van der Waals surface area contributed by atoms with E-state index in [1.807, 2.05) is 0 Å². The van der Waals surface area contributed by atoms with Gasteiger partial charge in [0.2, 0.25) is 15.0 Å². The maximum absolute atomic E-state index is 11.7. The molecular formula is C15H15Cl2N5O2S2. The summed E-state index contributed by atoms with van der Waals surface area (Å²) in [5.41, 5.74) is 0.757. The fourth-order valence-electron chi connectivity index (χ4n) is 3.10. The first kappa shape index (κ1) is 18.1. The van der Waals surface area contributed by atoms with Crippen molar-refractivity contribution in [1.29, 1.82) is 0 Å². The fraction of sp³-hybridized carbons (Fsp3) is 0.400. The molecule has 0 N–H and O–H groups in total. The van der Waals surface area contributed by atoms with Crippen LogP contribution in [0.4, 0.5) is 0 Å². The molecule has 7 nitrogen and oxygen atoms in total. The Kier molecular flexibility index (Phi) is 4.68. The van der Waals surface area contributed by atoms with Crippen molar-refractivity contribution in [3.63, 3.8) is 0 Å². The Morgan fingerprint density at radius 1 is 1.19 bits per heavy atom. The molecule has 0 radical (unpaired) electrons. The number of aromatic nitrogens is 4. The molecule has 0 unspecified atom stereocenters. The summed E-state index contributed by atoms with van der Waals surface area (Å²) in [5.74, 6) is 0.876. The number of sulfonamides is 1. The van der Waals surface area contributed by atoms with E-state index in [9.17, 15) is 8.42 Å². The first-order valence-corrected chi connectivity index (χ1v) is 11.4. The SMILES string of the molecule is CS(=O)(=O)N1CCC(c2nnc3sc(-c4cc(Cl)ccc4Cl)nn23)CC1. The summed E-state index contributed by atoms with van der Waals surface area (Å²) in [6.07, 6.45) is 2.63. The van der Waals surface area contributed by atoms with Gasteiger partial charge in [-0.05, 0) is 31.0 Å². The molecule has 1 aliphatic rings. The quantitative estimate of drug-likeness (QED) is 0.635. The Bertz CT molecular complexity index is 1070. The lowest BCUT2D eigenvalue weighted by Gasteiger charge is -2.28. The van der Waals surface area contributed by atoms with Gasteiger partial charge < -0.3 is 0 Å². The molecule has 4 rings (SSSR count). The largest absolute Gasteiger partial charge is 0.234 e. The average Bonchev–Trinajstić information content (AvgIpc) is 3.17. The first-order chi connectivity index (χ1) is 12.3. The normalized spacial score (nSPS) is 17.2. The van der Waals surface area contributed by atoms with E-state index in [4.69, 9.17) is 23.2 Å². The third-order valence-electron chi connectivity index (χ3n) is 4.46. The molecular weight excluding hydrogens is 417 g/mol. The Balaban J connectivity index is 1.64. The smallest absolute Gasteiger partial charge is 0.213 e. The maximum Gasteiger partial charge on any atom is 0.234 e. The summed E-state index contributed by atoms with van der Waals surface area (Å²) >= 11 is 13.7. The molecule has 0 bridgehead atoms. The fourth-order valence-corrected chi connectivity index (χ4v) is 5.29. The number of rotatable bonds is 3. The van der Waals surface area contributed by atoms with E-state index >= 15 is 0 Å². The molecule has 0 spiro atoms. The second-order valence-electron chi connectivity index (χ2n) is 6.22. The molecule has 0 aliphatic carbocycles. The number of piperidine rings is 1.